The average Bonchev–Trinajstić information content (AvgIpc) is 3.16. The van der Waals surface area contributed by atoms with Crippen molar-refractivity contribution in [1.82, 2.24) is 0 Å². The second-order valence-electron chi connectivity index (χ2n) is 3.91. The van der Waals surface area contributed by atoms with Crippen molar-refractivity contribution in [2.45, 2.75) is 11.7 Å². The molecule has 2 N–H and O–H groups in total. The van der Waals surface area contributed by atoms with Crippen molar-refractivity contribution in [3.8, 4) is 18.2 Å². The lowest BCUT2D eigenvalue weighted by Crippen LogP contribution is -2.22. The molecular weight excluding hydrogens is 308 g/mol. The first kappa shape index (κ1) is 13.1. The first-order valence-corrected chi connectivity index (χ1v) is 6.03. The van der Waals surface area contributed by atoms with E-state index in [0.717, 1.165) is 10.0 Å². The SMILES string of the molecule is N#CC(C#N)=C(N)C1(C#N)OC1c1cccc(Br)c1. The van der Waals surface area contributed by atoms with Gasteiger partial charge in [-0.2, -0.15) is 15.8 Å². The van der Waals surface area contributed by atoms with Gasteiger partial charge in [0.25, 0.3) is 0 Å². The molecule has 1 aliphatic rings. The molecule has 2 rings (SSSR count). The van der Waals surface area contributed by atoms with Gasteiger partial charge in [-0.05, 0) is 17.7 Å². The van der Waals surface area contributed by atoms with Gasteiger partial charge in [-0.15, -0.1) is 0 Å². The summed E-state index contributed by atoms with van der Waals surface area (Å²) in [4.78, 5) is 0. The molecule has 92 valence electrons. The summed E-state index contributed by atoms with van der Waals surface area (Å²) in [5, 5.41) is 26.9. The van der Waals surface area contributed by atoms with Crippen LogP contribution in [0.4, 0.5) is 0 Å². The fourth-order valence-electron chi connectivity index (χ4n) is 1.81. The molecule has 0 amide bonds. The van der Waals surface area contributed by atoms with Crippen LogP contribution in [0.25, 0.3) is 0 Å². The smallest absolute Gasteiger partial charge is 0.227 e. The summed E-state index contributed by atoms with van der Waals surface area (Å²) >= 11 is 3.32. The Morgan fingerprint density at radius 3 is 2.53 bits per heavy atom. The Hall–Kier alpha value is -2.33. The van der Waals surface area contributed by atoms with Gasteiger partial charge >= 0.3 is 0 Å². The van der Waals surface area contributed by atoms with Crippen LogP contribution < -0.4 is 5.73 Å². The zero-order chi connectivity index (χ0) is 14.0. The summed E-state index contributed by atoms with van der Waals surface area (Å²) in [6, 6.07) is 12.5. The number of ether oxygens (including phenoxy) is 1. The summed E-state index contributed by atoms with van der Waals surface area (Å²) in [6.45, 7) is 0. The Morgan fingerprint density at radius 1 is 1.32 bits per heavy atom. The highest BCUT2D eigenvalue weighted by molar-refractivity contribution is 9.10. The highest BCUT2D eigenvalue weighted by Crippen LogP contribution is 2.53. The lowest BCUT2D eigenvalue weighted by Gasteiger charge is -2.04. The average molecular weight is 315 g/mol. The van der Waals surface area contributed by atoms with Crippen LogP contribution in [-0.2, 0) is 4.74 Å². The maximum Gasteiger partial charge on any atom is 0.227 e. The largest absolute Gasteiger partial charge is 0.397 e. The molecule has 2 atom stereocenters. The number of hydrogen-bond donors (Lipinski definition) is 1. The number of allylic oxidation sites excluding steroid dienone is 1. The fraction of sp³-hybridized carbons (Fsp3) is 0.154. The third-order valence-electron chi connectivity index (χ3n) is 2.83. The normalized spacial score (nSPS) is 23.6. The van der Waals surface area contributed by atoms with Crippen molar-refractivity contribution in [3.63, 3.8) is 0 Å². The lowest BCUT2D eigenvalue weighted by molar-refractivity contribution is 0.356. The maximum absolute atomic E-state index is 9.25. The number of halogens is 1. The zero-order valence-electron chi connectivity index (χ0n) is 9.59. The predicted octanol–water partition coefficient (Wildman–Crippen LogP) is 2.04. The number of hydrogen-bond acceptors (Lipinski definition) is 5. The van der Waals surface area contributed by atoms with E-state index in [2.05, 4.69) is 15.9 Å². The van der Waals surface area contributed by atoms with Gasteiger partial charge in [-0.1, -0.05) is 28.1 Å². The molecule has 1 aliphatic heterocycles. The minimum absolute atomic E-state index is 0.134. The van der Waals surface area contributed by atoms with Gasteiger partial charge in [0.1, 0.15) is 24.3 Å². The van der Waals surface area contributed by atoms with Gasteiger partial charge in [0.15, 0.2) is 5.57 Å². The summed E-state index contributed by atoms with van der Waals surface area (Å²) in [7, 11) is 0. The number of nitrogens with zero attached hydrogens (tertiary/aromatic N) is 3. The second-order valence-corrected chi connectivity index (χ2v) is 4.83. The number of nitriles is 3. The molecule has 0 aliphatic carbocycles. The van der Waals surface area contributed by atoms with Crippen LogP contribution in [0.1, 0.15) is 11.7 Å². The molecular formula is C13H7BrN4O. The lowest BCUT2D eigenvalue weighted by atomic mass is 9.95. The van der Waals surface area contributed by atoms with Crippen LogP contribution in [0.3, 0.4) is 0 Å². The van der Waals surface area contributed by atoms with E-state index < -0.39 is 11.7 Å². The van der Waals surface area contributed by atoms with Crippen LogP contribution >= 0.6 is 15.9 Å². The molecule has 1 heterocycles. The quantitative estimate of drug-likeness (QED) is 0.663. The number of benzene rings is 1. The topological polar surface area (TPSA) is 110 Å². The Kier molecular flexibility index (Phi) is 3.27. The highest BCUT2D eigenvalue weighted by Gasteiger charge is 2.61. The Morgan fingerprint density at radius 2 is 2.00 bits per heavy atom. The predicted molar refractivity (Wildman–Crippen MR) is 68.8 cm³/mol. The molecule has 6 heteroatoms. The van der Waals surface area contributed by atoms with E-state index in [9.17, 15) is 5.26 Å². The molecule has 1 aromatic rings. The van der Waals surface area contributed by atoms with Gasteiger partial charge in [0.2, 0.25) is 5.60 Å². The first-order valence-electron chi connectivity index (χ1n) is 5.24. The van der Waals surface area contributed by atoms with E-state index >= 15 is 0 Å². The molecule has 19 heavy (non-hydrogen) atoms. The van der Waals surface area contributed by atoms with Gasteiger partial charge in [-0.25, -0.2) is 0 Å². The maximum atomic E-state index is 9.25. The molecule has 0 spiro atoms. The van der Waals surface area contributed by atoms with Crippen molar-refractivity contribution in [2.75, 3.05) is 0 Å². The summed E-state index contributed by atoms with van der Waals surface area (Å²) in [5.74, 6) is 0. The minimum atomic E-state index is -1.42. The highest BCUT2D eigenvalue weighted by atomic mass is 79.9. The van der Waals surface area contributed by atoms with Crippen LogP contribution in [0, 0.1) is 34.0 Å². The van der Waals surface area contributed by atoms with Gasteiger partial charge in [0.05, 0.1) is 5.70 Å². The van der Waals surface area contributed by atoms with Crippen LogP contribution in [0.15, 0.2) is 40.0 Å². The van der Waals surface area contributed by atoms with Crippen molar-refractivity contribution in [2.24, 2.45) is 5.73 Å². The molecule has 0 aromatic heterocycles. The minimum Gasteiger partial charge on any atom is -0.397 e. The summed E-state index contributed by atoms with van der Waals surface area (Å²) < 4.78 is 6.22. The molecule has 2 unspecified atom stereocenters. The van der Waals surface area contributed by atoms with E-state index in [-0.39, 0.29) is 11.3 Å². The second kappa shape index (κ2) is 4.74. The molecule has 0 bridgehead atoms. The van der Waals surface area contributed by atoms with Gasteiger partial charge in [-0.3, -0.25) is 0 Å². The van der Waals surface area contributed by atoms with Crippen molar-refractivity contribution in [1.29, 1.82) is 15.8 Å². The molecule has 5 nitrogen and oxygen atoms in total. The molecule has 1 aromatic carbocycles. The van der Waals surface area contributed by atoms with Crippen LogP contribution in [0.5, 0.6) is 0 Å². The summed E-state index contributed by atoms with van der Waals surface area (Å²) in [5.41, 5.74) is 4.65. The number of epoxide rings is 1. The zero-order valence-corrected chi connectivity index (χ0v) is 11.2. The number of nitrogens with two attached hydrogens (primary N) is 1. The molecule has 0 saturated carbocycles. The Balaban J connectivity index is 2.43. The fourth-order valence-corrected chi connectivity index (χ4v) is 2.22. The van der Waals surface area contributed by atoms with E-state index in [4.69, 9.17) is 21.0 Å². The van der Waals surface area contributed by atoms with Crippen LogP contribution in [0.2, 0.25) is 0 Å². The first-order chi connectivity index (χ1) is 9.08. The Labute approximate surface area is 118 Å². The molecule has 1 fully saturated rings. The van der Waals surface area contributed by atoms with Crippen molar-refractivity contribution < 1.29 is 4.74 Å². The Bertz CT molecular complexity index is 676. The van der Waals surface area contributed by atoms with E-state index in [1.165, 1.54) is 0 Å². The summed E-state index contributed by atoms with van der Waals surface area (Å²) in [6.07, 6.45) is -0.563. The van der Waals surface area contributed by atoms with Crippen molar-refractivity contribution in [3.05, 3.63) is 45.6 Å². The van der Waals surface area contributed by atoms with Crippen LogP contribution in [-0.4, -0.2) is 5.60 Å². The van der Waals surface area contributed by atoms with E-state index in [1.54, 1.807) is 30.3 Å². The van der Waals surface area contributed by atoms with E-state index in [1.807, 2.05) is 12.1 Å². The van der Waals surface area contributed by atoms with Gasteiger partial charge < -0.3 is 10.5 Å². The molecule has 1 saturated heterocycles. The molecule has 0 radical (unpaired) electrons. The monoisotopic (exact) mass is 314 g/mol. The third kappa shape index (κ3) is 2.06. The number of rotatable bonds is 2. The van der Waals surface area contributed by atoms with Gasteiger partial charge in [0, 0.05) is 4.47 Å². The standard InChI is InChI=1S/C13H7BrN4O/c14-10-3-1-2-8(4-10)12-13(7-17,19-12)11(18)9(5-15)6-16/h1-4,12H,18H2. The van der Waals surface area contributed by atoms with Crippen molar-refractivity contribution >= 4 is 15.9 Å². The third-order valence-corrected chi connectivity index (χ3v) is 3.32. The van der Waals surface area contributed by atoms with E-state index in [0.29, 0.717) is 0 Å².